The minimum Gasteiger partial charge on any atom is -0.481 e. The van der Waals surface area contributed by atoms with Crippen LogP contribution in [0.4, 0.5) is 35.1 Å². The molecule has 2 amide bonds. The van der Waals surface area contributed by atoms with Crippen molar-refractivity contribution in [2.24, 2.45) is 0 Å². The van der Waals surface area contributed by atoms with Crippen molar-refractivity contribution in [3.8, 4) is 5.75 Å². The molecule has 198 valence electrons. The molecule has 2 aromatic carbocycles. The molecule has 0 unspecified atom stereocenters. The lowest BCUT2D eigenvalue weighted by molar-refractivity contribution is -0.289. The van der Waals surface area contributed by atoms with Crippen molar-refractivity contribution < 1.29 is 49.4 Å². The van der Waals surface area contributed by atoms with Crippen LogP contribution in [0.25, 0.3) is 5.70 Å². The number of halogens is 8. The molecule has 1 N–H and O–H groups in total. The highest BCUT2D eigenvalue weighted by Gasteiger charge is 2.60. The normalized spacial score (nSPS) is 17.4. The van der Waals surface area contributed by atoms with Crippen molar-refractivity contribution in [2.45, 2.75) is 51.2 Å². The Hall–Kier alpha value is -3.64. The monoisotopic (exact) mass is 534 g/mol. The summed E-state index contributed by atoms with van der Waals surface area (Å²) in [7, 11) is 0. The number of rotatable bonds is 3. The molecule has 0 radical (unpaired) electrons. The number of amides is 2. The quantitative estimate of drug-likeness (QED) is 0.505. The number of benzene rings is 2. The third-order valence-corrected chi connectivity index (χ3v) is 6.15. The molecule has 0 saturated heterocycles. The predicted molar refractivity (Wildman–Crippen MR) is 113 cm³/mol. The van der Waals surface area contributed by atoms with Gasteiger partial charge < -0.3 is 15.0 Å². The van der Waals surface area contributed by atoms with Crippen LogP contribution in [0.2, 0.25) is 0 Å². The first-order valence-electron chi connectivity index (χ1n) is 10.7. The van der Waals surface area contributed by atoms with E-state index in [4.69, 9.17) is 4.74 Å². The van der Waals surface area contributed by atoms with Gasteiger partial charge >= 0.3 is 24.2 Å². The Morgan fingerprint density at radius 1 is 1.00 bits per heavy atom. The van der Waals surface area contributed by atoms with E-state index in [0.717, 1.165) is 17.9 Å². The summed E-state index contributed by atoms with van der Waals surface area (Å²) in [5, 5.41) is 1.67. The highest BCUT2D eigenvalue weighted by molar-refractivity contribution is 6.05. The van der Waals surface area contributed by atoms with Gasteiger partial charge in [0.2, 0.25) is 0 Å². The van der Waals surface area contributed by atoms with E-state index >= 15 is 0 Å². The van der Waals surface area contributed by atoms with Gasteiger partial charge in [-0.25, -0.2) is 0 Å². The predicted octanol–water partition coefficient (Wildman–Crippen LogP) is 5.82. The van der Waals surface area contributed by atoms with Crippen LogP contribution in [0.5, 0.6) is 5.75 Å². The van der Waals surface area contributed by atoms with Crippen LogP contribution in [0.3, 0.4) is 0 Å². The summed E-state index contributed by atoms with van der Waals surface area (Å²) < 4.78 is 114. The van der Waals surface area contributed by atoms with Gasteiger partial charge in [-0.05, 0) is 50.1 Å². The van der Waals surface area contributed by atoms with Gasteiger partial charge in [0, 0.05) is 16.7 Å². The first kappa shape index (κ1) is 26.4. The fourth-order valence-electron chi connectivity index (χ4n) is 4.39. The van der Waals surface area contributed by atoms with Crippen LogP contribution in [0.1, 0.15) is 46.5 Å². The van der Waals surface area contributed by atoms with E-state index in [-0.39, 0.29) is 17.9 Å². The van der Waals surface area contributed by atoms with Gasteiger partial charge in [0.1, 0.15) is 11.4 Å². The third-order valence-electron chi connectivity index (χ3n) is 6.15. The van der Waals surface area contributed by atoms with Gasteiger partial charge in [0.15, 0.2) is 0 Å². The summed E-state index contributed by atoms with van der Waals surface area (Å²) in [4.78, 5) is 26.2. The molecular formula is C24H18F8N2O3. The third kappa shape index (κ3) is 4.19. The Morgan fingerprint density at radius 2 is 1.62 bits per heavy atom. The molecule has 4 rings (SSSR count). The lowest BCUT2D eigenvalue weighted by atomic mass is 9.88. The minimum absolute atomic E-state index is 0.150. The fraction of sp³-hybridized carbons (Fsp3) is 0.333. The zero-order chi connectivity index (χ0) is 27.7. The van der Waals surface area contributed by atoms with Crippen molar-refractivity contribution in [3.05, 3.63) is 69.9 Å². The molecule has 0 aliphatic carbocycles. The van der Waals surface area contributed by atoms with Gasteiger partial charge in [-0.2, -0.15) is 35.1 Å². The zero-order valence-electron chi connectivity index (χ0n) is 19.4. The van der Waals surface area contributed by atoms with Crippen LogP contribution in [-0.4, -0.2) is 34.7 Å². The molecular weight excluding hydrogens is 516 g/mol. The van der Waals surface area contributed by atoms with E-state index in [1.807, 2.05) is 0 Å². The highest BCUT2D eigenvalue weighted by atomic mass is 19.4. The number of carbonyl (C=O) groups excluding carboxylic acids is 2. The highest BCUT2D eigenvalue weighted by Crippen LogP contribution is 2.51. The van der Waals surface area contributed by atoms with Crippen molar-refractivity contribution in [1.82, 2.24) is 10.2 Å². The van der Waals surface area contributed by atoms with Crippen LogP contribution in [0, 0.1) is 6.92 Å². The molecule has 2 aliphatic heterocycles. The van der Waals surface area contributed by atoms with E-state index in [1.165, 1.54) is 26.0 Å². The van der Waals surface area contributed by atoms with Crippen molar-refractivity contribution in [3.63, 3.8) is 0 Å². The van der Waals surface area contributed by atoms with Crippen molar-refractivity contribution in [2.75, 3.05) is 0 Å². The topological polar surface area (TPSA) is 58.6 Å². The SMILES string of the molecule is Cc1c(C(F)(F)C(F)(F)F)ccc2c1C(N1Cc3ccccc3C1=O)=C(NC(=O)C(F)(F)F)C(C)(C)O2. The van der Waals surface area contributed by atoms with Crippen LogP contribution < -0.4 is 10.1 Å². The molecule has 2 aromatic rings. The first-order chi connectivity index (χ1) is 16.9. The molecule has 5 nitrogen and oxygen atoms in total. The lowest BCUT2D eigenvalue weighted by Crippen LogP contribution is -2.49. The number of hydrogen-bond donors (Lipinski definition) is 1. The van der Waals surface area contributed by atoms with E-state index in [0.29, 0.717) is 11.6 Å². The zero-order valence-corrected chi connectivity index (χ0v) is 19.4. The number of carbonyl (C=O) groups is 2. The molecule has 0 aromatic heterocycles. The summed E-state index contributed by atoms with van der Waals surface area (Å²) in [6, 6.07) is 7.43. The average molecular weight is 534 g/mol. The minimum atomic E-state index is -5.99. The molecule has 0 spiro atoms. The van der Waals surface area contributed by atoms with Gasteiger partial charge in [-0.3, -0.25) is 9.59 Å². The number of alkyl halides is 8. The summed E-state index contributed by atoms with van der Waals surface area (Å²) in [5.41, 5.74) is -4.92. The molecule has 2 aliphatic rings. The molecule has 37 heavy (non-hydrogen) atoms. The number of hydrogen-bond acceptors (Lipinski definition) is 3. The first-order valence-corrected chi connectivity index (χ1v) is 10.7. The number of ether oxygens (including phenoxy) is 1. The van der Waals surface area contributed by atoms with E-state index in [2.05, 4.69) is 0 Å². The standard InChI is InChI=1S/C24H18F8N2O3/c1-11-14(22(25,26)24(30,31)32)8-9-15-16(11)17(34-10-12-6-4-5-7-13(12)19(34)35)18(21(2,3)37-15)33-20(36)23(27,28)29/h4-9H,10H2,1-3H3,(H,33,36). The van der Waals surface area contributed by atoms with E-state index in [1.54, 1.807) is 17.4 Å². The maximum Gasteiger partial charge on any atom is 0.471 e. The molecule has 13 heteroatoms. The van der Waals surface area contributed by atoms with E-state index < -0.39 is 63.8 Å². The molecule has 0 fully saturated rings. The summed E-state index contributed by atoms with van der Waals surface area (Å²) in [5.74, 6) is -8.79. The summed E-state index contributed by atoms with van der Waals surface area (Å²) in [6.07, 6.45) is -11.4. The second kappa shape index (κ2) is 8.18. The Morgan fingerprint density at radius 3 is 2.19 bits per heavy atom. The largest absolute Gasteiger partial charge is 0.481 e. The lowest BCUT2D eigenvalue weighted by Gasteiger charge is -2.40. The Balaban J connectivity index is 2.03. The second-order valence-corrected chi connectivity index (χ2v) is 9.02. The second-order valence-electron chi connectivity index (χ2n) is 9.02. The maximum absolute atomic E-state index is 14.4. The van der Waals surface area contributed by atoms with Crippen LogP contribution in [0.15, 0.2) is 42.1 Å². The van der Waals surface area contributed by atoms with Gasteiger partial charge in [-0.1, -0.05) is 18.2 Å². The smallest absolute Gasteiger partial charge is 0.471 e. The molecule has 2 heterocycles. The van der Waals surface area contributed by atoms with Crippen molar-refractivity contribution in [1.29, 1.82) is 0 Å². The Kier molecular flexibility index (Phi) is 5.84. The average Bonchev–Trinajstić information content (AvgIpc) is 3.09. The van der Waals surface area contributed by atoms with Crippen LogP contribution >= 0.6 is 0 Å². The van der Waals surface area contributed by atoms with Gasteiger partial charge in [-0.15, -0.1) is 0 Å². The molecule has 0 atom stereocenters. The van der Waals surface area contributed by atoms with Gasteiger partial charge in [0.05, 0.1) is 17.9 Å². The summed E-state index contributed by atoms with van der Waals surface area (Å²) in [6.45, 7) is 3.17. The van der Waals surface area contributed by atoms with Gasteiger partial charge in [0.25, 0.3) is 5.91 Å². The van der Waals surface area contributed by atoms with Crippen molar-refractivity contribution >= 4 is 17.5 Å². The number of nitrogens with zero attached hydrogens (tertiary/aromatic N) is 1. The number of nitrogens with one attached hydrogen (secondary N) is 1. The maximum atomic E-state index is 14.4. The van der Waals surface area contributed by atoms with E-state index in [9.17, 15) is 44.7 Å². The Bertz CT molecular complexity index is 1340. The fourth-order valence-corrected chi connectivity index (χ4v) is 4.39. The molecule has 0 bridgehead atoms. The van der Waals surface area contributed by atoms with Crippen LogP contribution in [-0.2, 0) is 17.3 Å². The summed E-state index contributed by atoms with van der Waals surface area (Å²) >= 11 is 0. The molecule has 0 saturated carbocycles. The Labute approximate surface area is 204 Å². The number of fused-ring (bicyclic) bond motifs is 2.